The van der Waals surface area contributed by atoms with Gasteiger partial charge in [0.05, 0.1) is 0 Å². The molecule has 0 aromatic heterocycles. The summed E-state index contributed by atoms with van der Waals surface area (Å²) in [5.74, 6) is 0. The van der Waals surface area contributed by atoms with Gasteiger partial charge in [-0.25, -0.2) is 20.8 Å². The molecule has 0 rings (SSSR count). The summed E-state index contributed by atoms with van der Waals surface area (Å²) in [5, 5.41) is 25.1. The first-order valence-electron chi connectivity index (χ1n) is 1.17. The molecule has 0 spiro atoms. The first kappa shape index (κ1) is 101. The molecule has 16 N–H and O–H groups in total. The van der Waals surface area contributed by atoms with Crippen LogP contribution in [0.2, 0.25) is 0 Å². The third-order valence-electron chi connectivity index (χ3n) is 0. The molecule has 0 radical (unpaired) electrons. The Kier molecular flexibility index (Phi) is 534. The van der Waals surface area contributed by atoms with E-state index in [1.165, 1.54) is 0 Å². The molecule has 106 valence electrons. The van der Waals surface area contributed by atoms with Gasteiger partial charge >= 0.3 is 10.2 Å². The third kappa shape index (κ3) is 792. The molecule has 15 heteroatoms. The number of hydrogen-bond acceptors (Lipinski definition) is 2. The molecule has 0 atom stereocenters. The van der Waals surface area contributed by atoms with Crippen LogP contribution in [0, 0.1) is 9.81 Å². The van der Waals surface area contributed by atoms with Crippen LogP contribution < -0.4 is 0 Å². The minimum atomic E-state index is -1.25. The summed E-state index contributed by atoms with van der Waals surface area (Å²) in [6.45, 7) is 0. The average molecular weight is 295 g/mol. The maximum Gasteiger partial charge on any atom is 0.472 e. The molecule has 0 bridgehead atoms. The Morgan fingerprint density at radius 1 is 0.533 bits per heavy atom. The van der Waals surface area contributed by atoms with Gasteiger partial charge < -0.3 is 32.9 Å². The summed E-state index contributed by atoms with van der Waals surface area (Å²) in [5.41, 5.74) is 0. The monoisotopic (exact) mass is 294 g/mol. The van der Waals surface area contributed by atoms with Crippen LogP contribution >= 0.6 is 0 Å². The largest absolute Gasteiger partial charge is 0.472 e. The van der Waals surface area contributed by atoms with Gasteiger partial charge in [0, 0.05) is 16.5 Å². The van der Waals surface area contributed by atoms with Crippen LogP contribution in [0.4, 0.5) is 0 Å². The van der Waals surface area contributed by atoms with Crippen molar-refractivity contribution >= 4 is 0 Å². The van der Waals surface area contributed by atoms with Gasteiger partial charge in [-0.05, 0) is 0 Å². The van der Waals surface area contributed by atoms with E-state index in [0.29, 0.717) is 0 Å². The molecule has 0 unspecified atom stereocenters. The van der Waals surface area contributed by atoms with Crippen LogP contribution in [0.1, 0.15) is 0 Å². The van der Waals surface area contributed by atoms with E-state index in [0.717, 1.165) is 0 Å². The summed E-state index contributed by atoms with van der Waals surface area (Å²) >= 11 is 0. The maximum absolute atomic E-state index is 8.47. The van der Waals surface area contributed by atoms with E-state index >= 15 is 0 Å². The van der Waals surface area contributed by atoms with E-state index < -0.39 is 10.2 Å². The van der Waals surface area contributed by atoms with Crippen molar-refractivity contribution in [3.63, 3.8) is 0 Å². The summed E-state index contributed by atoms with van der Waals surface area (Å²) < 4.78 is 0. The Morgan fingerprint density at radius 3 is 0.533 bits per heavy atom. The van der Waals surface area contributed by atoms with Gasteiger partial charge in [0.1, 0.15) is 9.81 Å². The smallest absolute Gasteiger partial charge is 0.412 e. The first-order chi connectivity index (χ1) is 3.46. The Morgan fingerprint density at radius 2 is 0.533 bits per heavy atom. The maximum atomic E-state index is 8.47. The number of hydrogen-bond donors (Lipinski definition) is 4. The fraction of sp³-hybridized carbons (Fsp3) is 0. The Balaban J connectivity index is -0.00000000468. The van der Waals surface area contributed by atoms with E-state index in [9.17, 15) is 0 Å². The van der Waals surface area contributed by atoms with Crippen LogP contribution in [0.15, 0.2) is 0 Å². The average Bonchev–Trinajstić information content (AvgIpc) is 1.25. The van der Waals surface area contributed by atoms with Gasteiger partial charge in [0.2, 0.25) is 0 Å². The van der Waals surface area contributed by atoms with Crippen LogP contribution in [0.25, 0.3) is 0 Å². The van der Waals surface area contributed by atoms with Gasteiger partial charge in [0.25, 0.3) is 0 Å². The van der Waals surface area contributed by atoms with E-state index in [4.69, 9.17) is 30.6 Å². The standard InChI is InChI=1S/2H2NO3.Ni.6H2O/c2*2-1(3)4;;;;;;;/h2*(H2,2,3,4);;6*1H2/q2*+1;;;;;;;. The summed E-state index contributed by atoms with van der Waals surface area (Å²) in [7, 11) is 0. The van der Waals surface area contributed by atoms with Gasteiger partial charge in [0.15, 0.2) is 0 Å². The van der Waals surface area contributed by atoms with Gasteiger partial charge in [-0.1, -0.05) is 0 Å². The molecule has 0 aromatic carbocycles. The molecule has 0 aliphatic heterocycles. The van der Waals surface area contributed by atoms with Crippen molar-refractivity contribution in [1.29, 1.82) is 0 Å². The van der Waals surface area contributed by atoms with Crippen molar-refractivity contribution < 1.29 is 80.4 Å². The molecule has 0 amide bonds. The molecular formula is H16N2NiO12+2. The van der Waals surface area contributed by atoms with Crippen molar-refractivity contribution in [3.05, 3.63) is 9.81 Å². The quantitative estimate of drug-likeness (QED) is 0.248. The van der Waals surface area contributed by atoms with Gasteiger partial charge in [-0.3, -0.25) is 0 Å². The topological polar surface area (TPSA) is 310 Å². The molecule has 0 saturated heterocycles. The first-order valence-corrected chi connectivity index (χ1v) is 1.17. The minimum Gasteiger partial charge on any atom is -0.412 e. The minimum absolute atomic E-state index is 0. The van der Waals surface area contributed by atoms with Crippen molar-refractivity contribution in [1.82, 2.24) is 0 Å². The third-order valence-corrected chi connectivity index (χ3v) is 0. The normalized spacial score (nSPS) is 3.20. The molecule has 0 aliphatic carbocycles. The Hall–Kier alpha value is -1.35. The second-order valence-electron chi connectivity index (χ2n) is 0.505. The second kappa shape index (κ2) is 79.4. The fourth-order valence-corrected chi connectivity index (χ4v) is 0. The number of rotatable bonds is 0. The van der Waals surface area contributed by atoms with Gasteiger partial charge in [-0.15, -0.1) is 0 Å². The SMILES string of the molecule is O.O.O.O.O.O.O=[N+](O)O.O=[N+](O)O.[Ni]. The Labute approximate surface area is 91.1 Å². The van der Waals surface area contributed by atoms with Crippen LogP contribution in [-0.4, -0.2) is 63.9 Å². The summed E-state index contributed by atoms with van der Waals surface area (Å²) in [6.07, 6.45) is 0. The van der Waals surface area contributed by atoms with Gasteiger partial charge in [-0.2, -0.15) is 0 Å². The fourth-order valence-electron chi connectivity index (χ4n) is 0. The molecule has 0 fully saturated rings. The van der Waals surface area contributed by atoms with Crippen LogP contribution in [0.3, 0.4) is 0 Å². The molecule has 0 aromatic rings. The zero-order valence-electron chi connectivity index (χ0n) is 6.82. The summed E-state index contributed by atoms with van der Waals surface area (Å²) in [4.78, 5) is 16.9. The van der Waals surface area contributed by atoms with Crippen LogP contribution in [0.5, 0.6) is 0 Å². The summed E-state index contributed by atoms with van der Waals surface area (Å²) in [6, 6.07) is 0. The van der Waals surface area contributed by atoms with Crippen LogP contribution in [-0.2, 0) is 16.5 Å². The molecule has 0 aliphatic rings. The molecule has 15 heavy (non-hydrogen) atoms. The molecular weight excluding hydrogens is 279 g/mol. The van der Waals surface area contributed by atoms with E-state index in [2.05, 4.69) is 0 Å². The van der Waals surface area contributed by atoms with Crippen molar-refractivity contribution in [2.45, 2.75) is 0 Å². The molecule has 0 saturated carbocycles. The van der Waals surface area contributed by atoms with Crippen molar-refractivity contribution in [2.24, 2.45) is 0 Å². The zero-order chi connectivity index (χ0) is 7.15. The second-order valence-corrected chi connectivity index (χ2v) is 0.505. The zero-order valence-corrected chi connectivity index (χ0v) is 7.80. The predicted octanol–water partition coefficient (Wildman–Crippen LogP) is -5.86. The number of nitrogens with zero attached hydrogens (tertiary/aromatic N) is 2. The van der Waals surface area contributed by atoms with Crippen molar-refractivity contribution in [2.75, 3.05) is 0 Å². The molecule has 0 heterocycles. The van der Waals surface area contributed by atoms with E-state index in [-0.39, 0.29) is 49.3 Å². The molecule has 14 nitrogen and oxygen atoms in total. The van der Waals surface area contributed by atoms with E-state index in [1.54, 1.807) is 0 Å². The predicted molar refractivity (Wildman–Crippen MR) is 36.1 cm³/mol. The Bertz CT molecular complexity index is 71.6. The van der Waals surface area contributed by atoms with E-state index in [1.807, 2.05) is 0 Å². The van der Waals surface area contributed by atoms with Crippen molar-refractivity contribution in [3.8, 4) is 0 Å².